The number of imidazole rings is 1. The molecule has 0 fully saturated rings. The second-order valence-corrected chi connectivity index (χ2v) is 7.46. The van der Waals surface area contributed by atoms with Gasteiger partial charge in [0.2, 0.25) is 0 Å². The van der Waals surface area contributed by atoms with Crippen molar-refractivity contribution in [3.8, 4) is 11.1 Å². The van der Waals surface area contributed by atoms with Gasteiger partial charge in [0.05, 0.1) is 0 Å². The standard InChI is InChI=1S/C19H21ClN4O2/c1-12-9-13(15-10-16(20)23-24-8-7-21-17(15)24)5-6-14(12)11-22-18(25)26-19(2,3)4/h5-10H,11H2,1-4H3,(H,22,25). The van der Waals surface area contributed by atoms with Gasteiger partial charge < -0.3 is 10.1 Å². The zero-order chi connectivity index (χ0) is 18.9. The highest BCUT2D eigenvalue weighted by Crippen LogP contribution is 2.27. The number of aromatic nitrogens is 3. The minimum absolute atomic E-state index is 0.400. The molecule has 2 heterocycles. The molecule has 3 aromatic rings. The summed E-state index contributed by atoms with van der Waals surface area (Å²) in [6.07, 6.45) is 3.02. The second-order valence-electron chi connectivity index (χ2n) is 7.07. The molecule has 136 valence electrons. The lowest BCUT2D eigenvalue weighted by atomic mass is 10.0. The molecule has 7 heteroatoms. The summed E-state index contributed by atoms with van der Waals surface area (Å²) in [6, 6.07) is 7.82. The van der Waals surface area contributed by atoms with Crippen LogP contribution in [0.2, 0.25) is 5.15 Å². The fourth-order valence-electron chi connectivity index (χ4n) is 2.64. The van der Waals surface area contributed by atoms with Crippen LogP contribution in [0, 0.1) is 6.92 Å². The van der Waals surface area contributed by atoms with Gasteiger partial charge in [-0.05, 0) is 50.5 Å². The fourth-order valence-corrected chi connectivity index (χ4v) is 2.83. The largest absolute Gasteiger partial charge is 0.444 e. The van der Waals surface area contributed by atoms with Gasteiger partial charge in [0.25, 0.3) is 0 Å². The van der Waals surface area contributed by atoms with Crippen LogP contribution in [0.1, 0.15) is 31.9 Å². The number of fused-ring (bicyclic) bond motifs is 1. The van der Waals surface area contributed by atoms with E-state index in [2.05, 4.69) is 15.4 Å². The molecule has 0 radical (unpaired) electrons. The number of ether oxygens (including phenoxy) is 1. The Morgan fingerprint density at radius 2 is 2.08 bits per heavy atom. The Balaban J connectivity index is 1.81. The van der Waals surface area contributed by atoms with Crippen molar-refractivity contribution >= 4 is 23.3 Å². The van der Waals surface area contributed by atoms with Gasteiger partial charge >= 0.3 is 6.09 Å². The number of carbonyl (C=O) groups excluding carboxylic acids is 1. The lowest BCUT2D eigenvalue weighted by Gasteiger charge is -2.20. The lowest BCUT2D eigenvalue weighted by Crippen LogP contribution is -2.32. The van der Waals surface area contributed by atoms with Crippen LogP contribution < -0.4 is 5.32 Å². The fraction of sp³-hybridized carbons (Fsp3) is 0.316. The maximum absolute atomic E-state index is 11.8. The molecule has 0 atom stereocenters. The summed E-state index contributed by atoms with van der Waals surface area (Å²) in [4.78, 5) is 16.2. The van der Waals surface area contributed by atoms with Crippen LogP contribution in [0.5, 0.6) is 0 Å². The predicted molar refractivity (Wildman–Crippen MR) is 101 cm³/mol. The van der Waals surface area contributed by atoms with Crippen LogP contribution >= 0.6 is 11.6 Å². The van der Waals surface area contributed by atoms with E-state index in [1.54, 1.807) is 23.0 Å². The Hall–Kier alpha value is -2.60. The molecule has 1 amide bonds. The van der Waals surface area contributed by atoms with E-state index in [1.165, 1.54) is 0 Å². The van der Waals surface area contributed by atoms with Gasteiger partial charge in [-0.2, -0.15) is 5.10 Å². The first-order valence-electron chi connectivity index (χ1n) is 8.29. The molecule has 0 aliphatic rings. The highest BCUT2D eigenvalue weighted by molar-refractivity contribution is 6.29. The minimum atomic E-state index is -0.515. The van der Waals surface area contributed by atoms with Crippen LogP contribution in [0.25, 0.3) is 16.8 Å². The van der Waals surface area contributed by atoms with E-state index >= 15 is 0 Å². The van der Waals surface area contributed by atoms with Gasteiger partial charge in [-0.1, -0.05) is 29.8 Å². The topological polar surface area (TPSA) is 68.5 Å². The summed E-state index contributed by atoms with van der Waals surface area (Å²) < 4.78 is 6.92. The molecule has 0 unspecified atom stereocenters. The van der Waals surface area contributed by atoms with E-state index in [1.807, 2.05) is 45.9 Å². The number of nitrogens with one attached hydrogen (secondary N) is 1. The van der Waals surface area contributed by atoms with Gasteiger partial charge in [-0.15, -0.1) is 0 Å². The van der Waals surface area contributed by atoms with Crippen molar-refractivity contribution < 1.29 is 9.53 Å². The predicted octanol–water partition coefficient (Wildman–Crippen LogP) is 4.38. The number of hydrogen-bond donors (Lipinski definition) is 1. The molecule has 0 saturated carbocycles. The average molecular weight is 373 g/mol. The van der Waals surface area contributed by atoms with Crippen molar-refractivity contribution in [3.05, 3.63) is 52.9 Å². The summed E-state index contributed by atoms with van der Waals surface area (Å²) in [6.45, 7) is 7.91. The molecule has 6 nitrogen and oxygen atoms in total. The number of aryl methyl sites for hydroxylation is 1. The third kappa shape index (κ3) is 4.14. The SMILES string of the molecule is Cc1cc(-c2cc(Cl)nn3ccnc23)ccc1CNC(=O)OC(C)(C)C. The van der Waals surface area contributed by atoms with Gasteiger partial charge in [-0.25, -0.2) is 14.3 Å². The molecule has 2 aromatic heterocycles. The molecule has 0 aliphatic carbocycles. The van der Waals surface area contributed by atoms with Crippen LogP contribution in [-0.2, 0) is 11.3 Å². The van der Waals surface area contributed by atoms with E-state index < -0.39 is 11.7 Å². The summed E-state index contributed by atoms with van der Waals surface area (Å²) in [5.41, 5.74) is 4.19. The Morgan fingerprint density at radius 1 is 1.31 bits per heavy atom. The molecule has 0 saturated heterocycles. The summed E-state index contributed by atoms with van der Waals surface area (Å²) in [5.74, 6) is 0. The van der Waals surface area contributed by atoms with E-state index in [-0.39, 0.29) is 0 Å². The van der Waals surface area contributed by atoms with Gasteiger partial charge in [0.1, 0.15) is 5.60 Å². The number of rotatable bonds is 3. The van der Waals surface area contributed by atoms with E-state index in [9.17, 15) is 4.79 Å². The molecular formula is C19H21ClN4O2. The van der Waals surface area contributed by atoms with Crippen LogP contribution in [0.4, 0.5) is 4.79 Å². The summed E-state index contributed by atoms with van der Waals surface area (Å²) in [7, 11) is 0. The lowest BCUT2D eigenvalue weighted by molar-refractivity contribution is 0.0523. The summed E-state index contributed by atoms with van der Waals surface area (Å²) in [5, 5.41) is 7.38. The Morgan fingerprint density at radius 3 is 2.77 bits per heavy atom. The molecule has 1 aromatic carbocycles. The van der Waals surface area contributed by atoms with Crippen molar-refractivity contribution in [2.24, 2.45) is 0 Å². The monoisotopic (exact) mass is 372 g/mol. The average Bonchev–Trinajstić information content (AvgIpc) is 2.99. The van der Waals surface area contributed by atoms with Gasteiger partial charge in [-0.3, -0.25) is 0 Å². The number of nitrogens with zero attached hydrogens (tertiary/aromatic N) is 3. The first-order valence-corrected chi connectivity index (χ1v) is 8.67. The molecule has 0 spiro atoms. The third-order valence-electron chi connectivity index (χ3n) is 3.80. The minimum Gasteiger partial charge on any atom is -0.444 e. The number of alkyl carbamates (subject to hydrolysis) is 1. The van der Waals surface area contributed by atoms with Crippen LogP contribution in [0.3, 0.4) is 0 Å². The zero-order valence-electron chi connectivity index (χ0n) is 15.2. The molecule has 26 heavy (non-hydrogen) atoms. The number of hydrogen-bond acceptors (Lipinski definition) is 4. The van der Waals surface area contributed by atoms with Crippen molar-refractivity contribution in [1.82, 2.24) is 19.9 Å². The Bertz CT molecular complexity index is 960. The highest BCUT2D eigenvalue weighted by Gasteiger charge is 2.16. The number of benzene rings is 1. The maximum atomic E-state index is 11.8. The summed E-state index contributed by atoms with van der Waals surface area (Å²) >= 11 is 6.12. The quantitative estimate of drug-likeness (QED) is 0.740. The number of carbonyl (C=O) groups is 1. The second kappa shape index (κ2) is 6.96. The van der Waals surface area contributed by atoms with E-state index in [0.717, 1.165) is 27.9 Å². The number of halogens is 1. The van der Waals surface area contributed by atoms with Crippen LogP contribution in [0.15, 0.2) is 36.7 Å². The Labute approximate surface area is 157 Å². The zero-order valence-corrected chi connectivity index (χ0v) is 16.0. The third-order valence-corrected chi connectivity index (χ3v) is 3.99. The van der Waals surface area contributed by atoms with Crippen molar-refractivity contribution in [3.63, 3.8) is 0 Å². The molecular weight excluding hydrogens is 352 g/mol. The molecule has 1 N–H and O–H groups in total. The van der Waals surface area contributed by atoms with Crippen molar-refractivity contribution in [2.45, 2.75) is 39.8 Å². The van der Waals surface area contributed by atoms with Crippen molar-refractivity contribution in [2.75, 3.05) is 0 Å². The van der Waals surface area contributed by atoms with Gasteiger partial charge in [0.15, 0.2) is 10.8 Å². The normalized spacial score (nSPS) is 11.6. The van der Waals surface area contributed by atoms with Gasteiger partial charge in [0, 0.05) is 24.5 Å². The smallest absolute Gasteiger partial charge is 0.407 e. The maximum Gasteiger partial charge on any atom is 0.407 e. The van der Waals surface area contributed by atoms with E-state index in [0.29, 0.717) is 11.7 Å². The Kier molecular flexibility index (Phi) is 4.87. The molecule has 0 aliphatic heterocycles. The van der Waals surface area contributed by atoms with E-state index in [4.69, 9.17) is 16.3 Å². The van der Waals surface area contributed by atoms with Crippen molar-refractivity contribution in [1.29, 1.82) is 0 Å². The molecule has 0 bridgehead atoms. The van der Waals surface area contributed by atoms with Crippen LogP contribution in [-0.4, -0.2) is 26.3 Å². The number of amides is 1. The first kappa shape index (κ1) is 18.2. The first-order chi connectivity index (χ1) is 12.2. The molecule has 3 rings (SSSR count). The highest BCUT2D eigenvalue weighted by atomic mass is 35.5.